The predicted octanol–water partition coefficient (Wildman–Crippen LogP) is 5.69. The van der Waals surface area contributed by atoms with Gasteiger partial charge >= 0.3 is 23.9 Å². The van der Waals surface area contributed by atoms with Crippen LogP contribution in [0.2, 0.25) is 0 Å². The Labute approximate surface area is 377 Å². The summed E-state index contributed by atoms with van der Waals surface area (Å²) in [5.74, 6) is -6.18. The monoisotopic (exact) mass is 893 g/mol. The molecule has 3 aromatic rings. The highest BCUT2D eigenvalue weighted by Crippen LogP contribution is 2.65. The molecule has 65 heavy (non-hydrogen) atoms. The number of nitrogens with zero attached hydrogens (tertiary/aromatic N) is 1. The number of esters is 4. The zero-order valence-corrected chi connectivity index (χ0v) is 37.7. The molecule has 5 aliphatic rings. The molecule has 4 fully saturated rings. The van der Waals surface area contributed by atoms with Gasteiger partial charge in [-0.2, -0.15) is 0 Å². The zero-order chi connectivity index (χ0) is 46.8. The molecule has 3 aromatic carbocycles. The maximum atomic E-state index is 15.8. The summed E-state index contributed by atoms with van der Waals surface area (Å²) in [5, 5.41) is 13.9. The lowest BCUT2D eigenvalue weighted by Crippen LogP contribution is -2.80. The first-order chi connectivity index (χ1) is 30.8. The molecular formula is C50H55NO14. The van der Waals surface area contributed by atoms with Crippen LogP contribution in [-0.2, 0) is 52.3 Å². The van der Waals surface area contributed by atoms with Gasteiger partial charge in [0.15, 0.2) is 23.6 Å². The van der Waals surface area contributed by atoms with Crippen LogP contribution in [0, 0.1) is 22.7 Å². The number of Topliss-reactive ketones (excluding diaryl/α,β-unsaturated/α-hetero) is 1. The average molecular weight is 894 g/mol. The third-order valence-electron chi connectivity index (χ3n) is 14.8. The SMILES string of the molecule is COC1O[C@@H](C(=O)O[C@H]2C[C@@]3(O)[C@@H](OC(=O)c4ccccc4)[C@H]4[C@](C)(C(=O)[C@H](OC(C)=O)C(=C2C)C3(C)C)[C@@H](C)CC2OC[C@]24OC(C)=O)[C@@H](c2ccccc2)N1C(=O)c1ccccc1. The van der Waals surface area contributed by atoms with Gasteiger partial charge in [0.05, 0.1) is 24.1 Å². The predicted molar refractivity (Wildman–Crippen MR) is 229 cm³/mol. The minimum Gasteiger partial charge on any atom is -0.456 e. The number of aliphatic hydroxyl groups is 1. The van der Waals surface area contributed by atoms with Gasteiger partial charge in [-0.1, -0.05) is 94.4 Å². The number of carbonyl (C=O) groups excluding carboxylic acids is 6. The number of benzene rings is 3. The number of ketones is 1. The molecule has 2 aliphatic heterocycles. The van der Waals surface area contributed by atoms with Crippen LogP contribution in [0.3, 0.4) is 0 Å². The van der Waals surface area contributed by atoms with Crippen molar-refractivity contribution in [3.05, 3.63) is 119 Å². The molecule has 344 valence electrons. The van der Waals surface area contributed by atoms with Crippen LogP contribution in [0.1, 0.15) is 93.6 Å². The van der Waals surface area contributed by atoms with Crippen molar-refractivity contribution in [2.45, 2.75) is 115 Å². The molecular weight excluding hydrogens is 839 g/mol. The van der Waals surface area contributed by atoms with Crippen LogP contribution < -0.4 is 0 Å². The molecule has 2 heterocycles. The molecule has 0 aromatic heterocycles. The van der Waals surface area contributed by atoms with E-state index in [1.807, 2.05) is 6.92 Å². The second-order valence-corrected chi connectivity index (χ2v) is 18.6. The second kappa shape index (κ2) is 16.9. The van der Waals surface area contributed by atoms with Crippen LogP contribution in [0.25, 0.3) is 0 Å². The summed E-state index contributed by atoms with van der Waals surface area (Å²) < 4.78 is 43.2. The summed E-state index contributed by atoms with van der Waals surface area (Å²) in [7, 11) is 1.34. The molecule has 2 saturated carbocycles. The first kappa shape index (κ1) is 45.8. The number of hydrogen-bond donors (Lipinski definition) is 1. The van der Waals surface area contributed by atoms with E-state index in [2.05, 4.69) is 0 Å². The van der Waals surface area contributed by atoms with Crippen LogP contribution in [0.5, 0.6) is 0 Å². The maximum Gasteiger partial charge on any atom is 0.338 e. The Hall–Kier alpha value is -5.74. The number of amides is 1. The summed E-state index contributed by atoms with van der Waals surface area (Å²) >= 11 is 0. The number of rotatable bonds is 9. The summed E-state index contributed by atoms with van der Waals surface area (Å²) in [6.07, 6.45) is -8.41. The topological polar surface area (TPSA) is 190 Å². The summed E-state index contributed by atoms with van der Waals surface area (Å²) in [6.45, 7) is 10.7. The lowest BCUT2D eigenvalue weighted by molar-refractivity contribution is -0.340. The third-order valence-corrected chi connectivity index (χ3v) is 14.8. The van der Waals surface area contributed by atoms with Gasteiger partial charge in [-0.15, -0.1) is 0 Å². The van der Waals surface area contributed by atoms with E-state index < -0.39 is 119 Å². The van der Waals surface area contributed by atoms with Gasteiger partial charge < -0.3 is 38.3 Å². The van der Waals surface area contributed by atoms with E-state index >= 15 is 4.79 Å². The third kappa shape index (κ3) is 7.27. The Morgan fingerprint density at radius 3 is 1.97 bits per heavy atom. The van der Waals surface area contributed by atoms with Crippen molar-refractivity contribution >= 4 is 35.6 Å². The number of hydrogen-bond acceptors (Lipinski definition) is 14. The van der Waals surface area contributed by atoms with Crippen molar-refractivity contribution < 1.29 is 67.0 Å². The van der Waals surface area contributed by atoms with E-state index in [1.54, 1.807) is 119 Å². The molecule has 8 rings (SSSR count). The Morgan fingerprint density at radius 2 is 1.42 bits per heavy atom. The Balaban J connectivity index is 1.30. The van der Waals surface area contributed by atoms with Crippen molar-refractivity contribution in [1.29, 1.82) is 0 Å². The molecule has 1 amide bonds. The van der Waals surface area contributed by atoms with Gasteiger partial charge in [-0.3, -0.25) is 24.1 Å². The number of methoxy groups -OCH3 is 1. The van der Waals surface area contributed by atoms with Crippen molar-refractivity contribution in [1.82, 2.24) is 4.90 Å². The van der Waals surface area contributed by atoms with Crippen molar-refractivity contribution in [2.24, 2.45) is 22.7 Å². The molecule has 15 heteroatoms. The quantitative estimate of drug-likeness (QED) is 0.157. The lowest BCUT2D eigenvalue weighted by atomic mass is 9.43. The number of ether oxygens (including phenoxy) is 7. The fraction of sp³-hybridized carbons (Fsp3) is 0.480. The Bertz CT molecular complexity index is 2400. The van der Waals surface area contributed by atoms with E-state index in [0.29, 0.717) is 16.7 Å². The molecule has 3 aliphatic carbocycles. The van der Waals surface area contributed by atoms with Gasteiger partial charge in [0, 0.05) is 43.8 Å². The second-order valence-electron chi connectivity index (χ2n) is 18.6. The van der Waals surface area contributed by atoms with Crippen LogP contribution in [0.15, 0.2) is 102 Å². The lowest BCUT2D eigenvalue weighted by Gasteiger charge is -2.68. The molecule has 0 radical (unpaired) electrons. The zero-order valence-electron chi connectivity index (χ0n) is 37.7. The first-order valence-electron chi connectivity index (χ1n) is 21.9. The summed E-state index contributed by atoms with van der Waals surface area (Å²) in [4.78, 5) is 87.0. The summed E-state index contributed by atoms with van der Waals surface area (Å²) in [6, 6.07) is 24.3. The Kier molecular flexibility index (Phi) is 11.9. The maximum absolute atomic E-state index is 15.8. The fourth-order valence-corrected chi connectivity index (χ4v) is 11.4. The average Bonchev–Trinajstić information content (AvgIpc) is 3.68. The van der Waals surface area contributed by atoms with Gasteiger partial charge in [0.2, 0.25) is 6.41 Å². The summed E-state index contributed by atoms with van der Waals surface area (Å²) in [5.41, 5.74) is -5.57. The van der Waals surface area contributed by atoms with E-state index in [-0.39, 0.29) is 24.2 Å². The number of carbonyl (C=O) groups is 6. The highest BCUT2D eigenvalue weighted by atomic mass is 16.7. The molecule has 15 nitrogen and oxygen atoms in total. The fourth-order valence-electron chi connectivity index (χ4n) is 11.4. The molecule has 2 unspecified atom stereocenters. The van der Waals surface area contributed by atoms with E-state index in [9.17, 15) is 29.1 Å². The van der Waals surface area contributed by atoms with Gasteiger partial charge in [0.25, 0.3) is 5.91 Å². The van der Waals surface area contributed by atoms with Crippen molar-refractivity contribution in [2.75, 3.05) is 13.7 Å². The minimum atomic E-state index is -2.26. The molecule has 1 N–H and O–H groups in total. The van der Waals surface area contributed by atoms with Crippen molar-refractivity contribution in [3.63, 3.8) is 0 Å². The largest absolute Gasteiger partial charge is 0.456 e. The molecule has 2 bridgehead atoms. The van der Waals surface area contributed by atoms with E-state index in [4.69, 9.17) is 33.2 Å². The highest BCUT2D eigenvalue weighted by molar-refractivity contribution is 5.96. The van der Waals surface area contributed by atoms with Crippen LogP contribution in [-0.4, -0.2) is 107 Å². The van der Waals surface area contributed by atoms with Crippen LogP contribution >= 0.6 is 0 Å². The normalized spacial score (nSPS) is 34.7. The molecule has 2 saturated heterocycles. The highest BCUT2D eigenvalue weighted by Gasteiger charge is 2.78. The number of fused-ring (bicyclic) bond motifs is 5. The Morgan fingerprint density at radius 1 is 0.815 bits per heavy atom. The van der Waals surface area contributed by atoms with Crippen molar-refractivity contribution in [3.8, 4) is 0 Å². The van der Waals surface area contributed by atoms with Gasteiger partial charge in [-0.05, 0) is 60.2 Å². The standard InChI is InChI=1S/C50H55NO14/c1-27-24-35-49(26-60-35,65-30(4)53)40-42(64-44(56)33-22-16-11-17-23-33)50(58)25-34(28(2)36(47(50,5)6)38(61-29(3)52)41(54)48(27,40)7)62-45(57)39-37(31-18-12-9-13-19-31)51(46(59-8)63-39)43(55)32-20-14-10-15-21-32/h9-23,27,34-35,37-40,42,46,58H,24-26H2,1-8H3/t27-,34-,35?,37+,38+,39+,40-,42-,46?,48+,49-,50+/m0/s1. The molecule has 0 spiro atoms. The van der Waals surface area contributed by atoms with E-state index in [0.717, 1.165) is 0 Å². The van der Waals surface area contributed by atoms with Gasteiger partial charge in [-0.25, -0.2) is 9.59 Å². The smallest absolute Gasteiger partial charge is 0.338 e. The van der Waals surface area contributed by atoms with E-state index in [1.165, 1.54) is 25.9 Å². The first-order valence-corrected chi connectivity index (χ1v) is 21.9. The van der Waals surface area contributed by atoms with Crippen LogP contribution in [0.4, 0.5) is 0 Å². The minimum absolute atomic E-state index is 0.145. The molecule has 12 atom stereocenters. The van der Waals surface area contributed by atoms with Gasteiger partial charge in [0.1, 0.15) is 23.9 Å².